The van der Waals surface area contributed by atoms with Crippen molar-refractivity contribution in [1.29, 1.82) is 0 Å². The first-order valence-electron chi connectivity index (χ1n) is 5.15. The van der Waals surface area contributed by atoms with Gasteiger partial charge in [-0.3, -0.25) is 0 Å². The van der Waals surface area contributed by atoms with E-state index in [4.69, 9.17) is 5.02 Å². The fraction of sp³-hybridized carbons (Fsp3) is 0.0769. The van der Waals surface area contributed by atoms with Gasteiger partial charge in [0.2, 0.25) is 0 Å². The molecule has 2 rings (SSSR count). The predicted octanol–water partition coefficient (Wildman–Crippen LogP) is 2.20. The molecule has 0 radical (unpaired) electrons. The Morgan fingerprint density at radius 1 is 0.800 bits per heavy atom. The third kappa shape index (κ3) is 2.48. The molecule has 0 unspecified atom stereocenters. The molecule has 0 aliphatic rings. The summed E-state index contributed by atoms with van der Waals surface area (Å²) in [5.74, 6) is 0. The van der Waals surface area contributed by atoms with Gasteiger partial charge in [0.15, 0.2) is 0 Å². The monoisotopic (exact) mass is 196 g/mol. The zero-order valence-corrected chi connectivity index (χ0v) is 8.56. The molecule has 0 fully saturated rings. The van der Waals surface area contributed by atoms with E-state index >= 15 is 0 Å². The number of hydrogen-bond acceptors (Lipinski definition) is 1. The van der Waals surface area contributed by atoms with Crippen LogP contribution in [-0.2, 0) is 6.32 Å². The molecular weight excluding hydrogens is 183 g/mol. The van der Waals surface area contributed by atoms with Gasteiger partial charge in [-0.2, -0.15) is 0 Å². The van der Waals surface area contributed by atoms with E-state index in [1.165, 1.54) is 16.7 Å². The molecule has 0 aromatic heterocycles. The van der Waals surface area contributed by atoms with Crippen LogP contribution in [0.25, 0.3) is 11.1 Å². The highest BCUT2D eigenvalue weighted by molar-refractivity contribution is 6.24. The second-order valence-corrected chi connectivity index (χ2v) is 3.54. The number of benzene rings is 2. The van der Waals surface area contributed by atoms with Gasteiger partial charge < -0.3 is 5.02 Å². The van der Waals surface area contributed by atoms with Crippen molar-refractivity contribution in [2.75, 3.05) is 0 Å². The average molecular weight is 196 g/mol. The lowest BCUT2D eigenvalue weighted by molar-refractivity contribution is 0.600. The maximum Gasteiger partial charge on any atom is 0.275 e. The molecule has 74 valence electrons. The highest BCUT2D eigenvalue weighted by Gasteiger charge is 1.97. The van der Waals surface area contributed by atoms with Gasteiger partial charge in [0.25, 0.3) is 7.48 Å². The quantitative estimate of drug-likeness (QED) is 0.746. The van der Waals surface area contributed by atoms with Crippen LogP contribution in [0.1, 0.15) is 5.56 Å². The fourth-order valence-electron chi connectivity index (χ4n) is 1.62. The molecule has 1 nitrogen and oxygen atoms in total. The van der Waals surface area contributed by atoms with E-state index in [0.29, 0.717) is 0 Å². The minimum Gasteiger partial charge on any atom is -0.454 e. The molecule has 0 heterocycles. The molecule has 0 spiro atoms. The Kier molecular flexibility index (Phi) is 3.20. The summed E-state index contributed by atoms with van der Waals surface area (Å²) in [5, 5.41) is 8.81. The van der Waals surface area contributed by atoms with Crippen LogP contribution in [0.15, 0.2) is 54.6 Å². The molecule has 0 aliphatic carbocycles. The van der Waals surface area contributed by atoms with Gasteiger partial charge in [0.1, 0.15) is 0 Å². The Balaban J connectivity index is 2.24. The van der Waals surface area contributed by atoms with E-state index in [9.17, 15) is 0 Å². The van der Waals surface area contributed by atoms with Crippen molar-refractivity contribution in [2.45, 2.75) is 6.32 Å². The third-order valence-corrected chi connectivity index (χ3v) is 2.46. The van der Waals surface area contributed by atoms with Crippen molar-refractivity contribution in [1.82, 2.24) is 0 Å². The number of rotatable bonds is 3. The van der Waals surface area contributed by atoms with Gasteiger partial charge in [-0.1, -0.05) is 60.2 Å². The van der Waals surface area contributed by atoms with Gasteiger partial charge in [0, 0.05) is 0 Å². The molecule has 1 N–H and O–H groups in total. The van der Waals surface area contributed by atoms with Crippen LogP contribution >= 0.6 is 0 Å². The molecular formula is C13H13BO. The first-order valence-corrected chi connectivity index (χ1v) is 5.15. The molecule has 15 heavy (non-hydrogen) atoms. The van der Waals surface area contributed by atoms with Crippen molar-refractivity contribution < 1.29 is 5.02 Å². The Bertz CT molecular complexity index is 408. The van der Waals surface area contributed by atoms with Crippen LogP contribution in [0.2, 0.25) is 0 Å². The second-order valence-electron chi connectivity index (χ2n) is 3.54. The van der Waals surface area contributed by atoms with E-state index in [2.05, 4.69) is 36.4 Å². The maximum atomic E-state index is 8.81. The second kappa shape index (κ2) is 4.81. The summed E-state index contributed by atoms with van der Waals surface area (Å²) in [6.45, 7) is 0. The van der Waals surface area contributed by atoms with Gasteiger partial charge in [-0.25, -0.2) is 0 Å². The van der Waals surface area contributed by atoms with Crippen molar-refractivity contribution in [3.8, 4) is 11.1 Å². The average Bonchev–Trinajstić information content (AvgIpc) is 2.32. The van der Waals surface area contributed by atoms with Gasteiger partial charge >= 0.3 is 0 Å². The smallest absolute Gasteiger partial charge is 0.275 e. The van der Waals surface area contributed by atoms with Crippen molar-refractivity contribution in [2.24, 2.45) is 0 Å². The standard InChI is InChI=1S/C13H13BO/c15-14-10-11-6-8-13(9-7-11)12-4-2-1-3-5-12/h1-9,14-15H,10H2. The van der Waals surface area contributed by atoms with Crippen LogP contribution in [-0.4, -0.2) is 12.5 Å². The van der Waals surface area contributed by atoms with Crippen LogP contribution in [0, 0.1) is 0 Å². The SMILES string of the molecule is OBCc1ccc(-c2ccccc2)cc1. The lowest BCUT2D eigenvalue weighted by Crippen LogP contribution is -1.94. The van der Waals surface area contributed by atoms with Crippen LogP contribution in [0.4, 0.5) is 0 Å². The van der Waals surface area contributed by atoms with Crippen LogP contribution in [0.5, 0.6) is 0 Å². The summed E-state index contributed by atoms with van der Waals surface area (Å²) in [7, 11) is 0.213. The summed E-state index contributed by atoms with van der Waals surface area (Å²) in [5.41, 5.74) is 3.63. The molecule has 0 saturated heterocycles. The third-order valence-electron chi connectivity index (χ3n) is 2.46. The highest BCUT2D eigenvalue weighted by atomic mass is 16.2. The molecule has 0 saturated carbocycles. The molecule has 0 amide bonds. The topological polar surface area (TPSA) is 20.2 Å². The van der Waals surface area contributed by atoms with Gasteiger partial charge in [0.05, 0.1) is 0 Å². The molecule has 2 aromatic carbocycles. The summed E-state index contributed by atoms with van der Waals surface area (Å²) in [6, 6.07) is 18.6. The largest absolute Gasteiger partial charge is 0.454 e. The minimum atomic E-state index is 0.213. The Morgan fingerprint density at radius 2 is 1.40 bits per heavy atom. The predicted molar refractivity (Wildman–Crippen MR) is 64.9 cm³/mol. The summed E-state index contributed by atoms with van der Waals surface area (Å²) >= 11 is 0. The van der Waals surface area contributed by atoms with Crippen LogP contribution < -0.4 is 0 Å². The lowest BCUT2D eigenvalue weighted by Gasteiger charge is -2.02. The zero-order valence-electron chi connectivity index (χ0n) is 8.56. The van der Waals surface area contributed by atoms with E-state index in [1.54, 1.807) is 0 Å². The van der Waals surface area contributed by atoms with Crippen LogP contribution in [0.3, 0.4) is 0 Å². The fourth-order valence-corrected chi connectivity index (χ4v) is 1.62. The minimum absolute atomic E-state index is 0.213. The molecule has 2 heteroatoms. The van der Waals surface area contributed by atoms with Crippen molar-refractivity contribution >= 4 is 7.48 Å². The summed E-state index contributed by atoms with van der Waals surface area (Å²) in [6.07, 6.45) is 0.731. The molecule has 0 atom stereocenters. The molecule has 2 aromatic rings. The highest BCUT2D eigenvalue weighted by Crippen LogP contribution is 2.19. The maximum absolute atomic E-state index is 8.81. The van der Waals surface area contributed by atoms with Gasteiger partial charge in [-0.05, 0) is 17.4 Å². The Morgan fingerprint density at radius 3 is 2.00 bits per heavy atom. The zero-order chi connectivity index (χ0) is 10.5. The Hall–Kier alpha value is -1.54. The number of hydrogen-bond donors (Lipinski definition) is 1. The first kappa shape index (κ1) is 10.00. The van der Waals surface area contributed by atoms with Crippen molar-refractivity contribution in [3.05, 3.63) is 60.2 Å². The molecule has 0 bridgehead atoms. The van der Waals surface area contributed by atoms with E-state index in [1.807, 2.05) is 18.2 Å². The normalized spacial score (nSPS) is 9.93. The van der Waals surface area contributed by atoms with Crippen molar-refractivity contribution in [3.63, 3.8) is 0 Å². The van der Waals surface area contributed by atoms with E-state index in [-0.39, 0.29) is 7.48 Å². The summed E-state index contributed by atoms with van der Waals surface area (Å²) in [4.78, 5) is 0. The van der Waals surface area contributed by atoms with Gasteiger partial charge in [-0.15, -0.1) is 0 Å². The molecule has 0 aliphatic heterocycles. The Labute approximate surface area is 90.7 Å². The lowest BCUT2D eigenvalue weighted by atomic mass is 9.89. The first-order chi connectivity index (χ1) is 7.40. The van der Waals surface area contributed by atoms with E-state index in [0.717, 1.165) is 6.32 Å². The van der Waals surface area contributed by atoms with E-state index < -0.39 is 0 Å². The summed E-state index contributed by atoms with van der Waals surface area (Å²) < 4.78 is 0.